The van der Waals surface area contributed by atoms with Crippen LogP contribution in [-0.2, 0) is 9.59 Å². The van der Waals surface area contributed by atoms with Crippen LogP contribution in [0.5, 0.6) is 17.2 Å². The zero-order chi connectivity index (χ0) is 19.7. The lowest BCUT2D eigenvalue weighted by Gasteiger charge is -2.37. The zero-order valence-corrected chi connectivity index (χ0v) is 16.0. The first-order chi connectivity index (χ1) is 14.2. The minimum Gasteiger partial charge on any atom is -0.493 e. The Morgan fingerprint density at radius 3 is 2.00 bits per heavy atom. The van der Waals surface area contributed by atoms with Crippen LogP contribution in [0.2, 0.25) is 0 Å². The molecule has 5 nitrogen and oxygen atoms in total. The van der Waals surface area contributed by atoms with E-state index in [0.29, 0.717) is 34.8 Å². The minimum atomic E-state index is -0.175. The summed E-state index contributed by atoms with van der Waals surface area (Å²) in [5.41, 5.74) is 0.620. The lowest BCUT2D eigenvalue weighted by molar-refractivity contribution is -0.124. The summed E-state index contributed by atoms with van der Waals surface area (Å²) in [4.78, 5) is 27.8. The van der Waals surface area contributed by atoms with Crippen LogP contribution in [0.1, 0.15) is 6.42 Å². The lowest BCUT2D eigenvalue weighted by atomic mass is 9.63. The Labute approximate surface area is 168 Å². The third-order valence-corrected chi connectivity index (χ3v) is 7.05. The Hall–Kier alpha value is -3.08. The molecule has 2 saturated carbocycles. The molecule has 2 aromatic rings. The van der Waals surface area contributed by atoms with Gasteiger partial charge in [0.25, 0.3) is 0 Å². The first-order valence-corrected chi connectivity index (χ1v) is 10.1. The molecule has 2 amide bonds. The first-order valence-electron chi connectivity index (χ1n) is 10.1. The fraction of sp³-hybridized carbons (Fsp3) is 0.333. The number of para-hydroxylation sites is 2. The fourth-order valence-corrected chi connectivity index (χ4v) is 5.70. The van der Waals surface area contributed by atoms with Gasteiger partial charge in [0, 0.05) is 0 Å². The van der Waals surface area contributed by atoms with Gasteiger partial charge in [-0.15, -0.1) is 0 Å². The highest BCUT2D eigenvalue weighted by Gasteiger charge is 2.67. The van der Waals surface area contributed by atoms with Crippen molar-refractivity contribution >= 4 is 17.5 Å². The van der Waals surface area contributed by atoms with Gasteiger partial charge in [0.2, 0.25) is 11.8 Å². The van der Waals surface area contributed by atoms with Gasteiger partial charge in [-0.1, -0.05) is 24.3 Å². The predicted octanol–water partition coefficient (Wildman–Crippen LogP) is 4.05. The summed E-state index contributed by atoms with van der Waals surface area (Å²) in [5, 5.41) is 0. The van der Waals surface area contributed by atoms with Crippen LogP contribution in [0.25, 0.3) is 0 Å². The number of methoxy groups -OCH3 is 1. The molecule has 2 aromatic carbocycles. The number of carbonyl (C=O) groups is 2. The van der Waals surface area contributed by atoms with Crippen molar-refractivity contribution in [1.82, 2.24) is 0 Å². The molecule has 146 valence electrons. The predicted molar refractivity (Wildman–Crippen MR) is 107 cm³/mol. The number of anilines is 1. The summed E-state index contributed by atoms with van der Waals surface area (Å²) in [6.07, 6.45) is 5.56. The van der Waals surface area contributed by atoms with Gasteiger partial charge < -0.3 is 9.47 Å². The molecule has 0 spiro atoms. The van der Waals surface area contributed by atoms with Crippen molar-refractivity contribution in [2.75, 3.05) is 12.0 Å². The Morgan fingerprint density at radius 1 is 0.828 bits per heavy atom. The summed E-state index contributed by atoms with van der Waals surface area (Å²) in [7, 11) is 1.60. The molecule has 2 bridgehead atoms. The van der Waals surface area contributed by atoms with Crippen molar-refractivity contribution in [3.8, 4) is 17.2 Å². The van der Waals surface area contributed by atoms with Gasteiger partial charge in [-0.05, 0) is 66.5 Å². The van der Waals surface area contributed by atoms with Crippen molar-refractivity contribution in [2.45, 2.75) is 6.42 Å². The maximum absolute atomic E-state index is 13.2. The summed E-state index contributed by atoms with van der Waals surface area (Å²) in [6, 6.07) is 14.6. The Kier molecular flexibility index (Phi) is 3.46. The highest BCUT2D eigenvalue weighted by Crippen LogP contribution is 2.65. The maximum atomic E-state index is 13.2. The average Bonchev–Trinajstić information content (AvgIpc) is 3.53. The quantitative estimate of drug-likeness (QED) is 0.587. The molecule has 5 aliphatic rings. The van der Waals surface area contributed by atoms with E-state index in [9.17, 15) is 9.59 Å². The topological polar surface area (TPSA) is 55.8 Å². The van der Waals surface area contributed by atoms with E-state index in [-0.39, 0.29) is 35.5 Å². The minimum absolute atomic E-state index is 0.0388. The number of amides is 2. The second-order valence-corrected chi connectivity index (χ2v) is 8.41. The summed E-state index contributed by atoms with van der Waals surface area (Å²) in [6.45, 7) is 0. The SMILES string of the molecule is COc1ccccc1Oc1ccc(N2C(=O)[C@H]3[C@@H]4C=C[C@H]([C@@H]5C[C@H]45)[C@@H]3C2=O)cc1. The van der Waals surface area contributed by atoms with Gasteiger partial charge in [0.15, 0.2) is 11.5 Å². The third-order valence-electron chi connectivity index (χ3n) is 7.05. The van der Waals surface area contributed by atoms with Crippen LogP contribution in [0.4, 0.5) is 5.69 Å². The van der Waals surface area contributed by atoms with Crippen LogP contribution in [0, 0.1) is 35.5 Å². The molecule has 0 N–H and O–H groups in total. The average molecular weight is 387 g/mol. The van der Waals surface area contributed by atoms with E-state index < -0.39 is 0 Å². The Bertz CT molecular complexity index is 1010. The van der Waals surface area contributed by atoms with Gasteiger partial charge >= 0.3 is 0 Å². The molecule has 3 fully saturated rings. The molecule has 7 rings (SSSR count). The molecule has 5 heteroatoms. The van der Waals surface area contributed by atoms with Crippen molar-refractivity contribution in [2.24, 2.45) is 35.5 Å². The summed E-state index contributed by atoms with van der Waals surface area (Å²) < 4.78 is 11.2. The number of allylic oxidation sites excluding steroid dienone is 2. The molecule has 0 aromatic heterocycles. The second kappa shape index (κ2) is 5.96. The van der Waals surface area contributed by atoms with E-state index in [0.717, 1.165) is 0 Å². The van der Waals surface area contributed by atoms with Crippen LogP contribution in [0.15, 0.2) is 60.7 Å². The summed E-state index contributed by atoms with van der Waals surface area (Å²) in [5.74, 6) is 3.16. The number of hydrogen-bond acceptors (Lipinski definition) is 4. The molecular weight excluding hydrogens is 366 g/mol. The van der Waals surface area contributed by atoms with E-state index >= 15 is 0 Å². The van der Waals surface area contributed by atoms with Gasteiger partial charge in [0.05, 0.1) is 24.6 Å². The molecule has 0 unspecified atom stereocenters. The number of nitrogens with zero attached hydrogens (tertiary/aromatic N) is 1. The van der Waals surface area contributed by atoms with Crippen LogP contribution in [0.3, 0.4) is 0 Å². The first kappa shape index (κ1) is 16.8. The van der Waals surface area contributed by atoms with Gasteiger partial charge in [-0.2, -0.15) is 0 Å². The third kappa shape index (κ3) is 2.33. The second-order valence-electron chi connectivity index (χ2n) is 8.41. The van der Waals surface area contributed by atoms with E-state index in [1.165, 1.54) is 11.3 Å². The van der Waals surface area contributed by atoms with Crippen molar-refractivity contribution in [3.63, 3.8) is 0 Å². The van der Waals surface area contributed by atoms with E-state index in [4.69, 9.17) is 9.47 Å². The lowest BCUT2D eigenvalue weighted by Crippen LogP contribution is -2.40. The fourth-order valence-electron chi connectivity index (χ4n) is 5.70. The highest BCUT2D eigenvalue weighted by atomic mass is 16.5. The van der Waals surface area contributed by atoms with Crippen molar-refractivity contribution in [1.29, 1.82) is 0 Å². The van der Waals surface area contributed by atoms with Crippen LogP contribution in [-0.4, -0.2) is 18.9 Å². The van der Waals surface area contributed by atoms with Crippen molar-refractivity contribution in [3.05, 3.63) is 60.7 Å². The molecule has 1 saturated heterocycles. The Balaban J connectivity index is 1.26. The smallest absolute Gasteiger partial charge is 0.238 e. The normalized spacial score (nSPS) is 33.5. The van der Waals surface area contributed by atoms with Gasteiger partial charge in [-0.3, -0.25) is 14.5 Å². The van der Waals surface area contributed by atoms with E-state index in [2.05, 4.69) is 12.2 Å². The summed E-state index contributed by atoms with van der Waals surface area (Å²) >= 11 is 0. The maximum Gasteiger partial charge on any atom is 0.238 e. The number of ether oxygens (including phenoxy) is 2. The van der Waals surface area contributed by atoms with E-state index in [1.54, 1.807) is 31.4 Å². The van der Waals surface area contributed by atoms with Crippen molar-refractivity contribution < 1.29 is 19.1 Å². The molecule has 1 aliphatic heterocycles. The molecule has 1 heterocycles. The largest absolute Gasteiger partial charge is 0.493 e. The monoisotopic (exact) mass is 387 g/mol. The standard InChI is InChI=1S/C24H21NO4/c1-28-19-4-2-3-5-20(19)29-14-8-6-13(7-9-14)25-23(26)21-15-10-11-16(18-12-17(15)18)22(21)24(25)27/h2-11,15-18,21-22H,12H2,1H3/t15-,16-,17-,18+,21+,22+/m1/s1. The molecular formula is C24H21NO4. The number of carbonyl (C=O) groups excluding carboxylic acids is 2. The van der Waals surface area contributed by atoms with Crippen LogP contribution < -0.4 is 14.4 Å². The number of imide groups is 1. The zero-order valence-electron chi connectivity index (χ0n) is 16.0. The molecule has 6 atom stereocenters. The Morgan fingerprint density at radius 2 is 1.41 bits per heavy atom. The molecule has 4 aliphatic carbocycles. The number of rotatable bonds is 4. The number of hydrogen-bond donors (Lipinski definition) is 0. The van der Waals surface area contributed by atoms with Gasteiger partial charge in [-0.25, -0.2) is 0 Å². The molecule has 0 radical (unpaired) electrons. The number of benzene rings is 2. The van der Waals surface area contributed by atoms with E-state index in [1.807, 2.05) is 24.3 Å². The molecule has 29 heavy (non-hydrogen) atoms. The van der Waals surface area contributed by atoms with Gasteiger partial charge in [0.1, 0.15) is 5.75 Å². The highest BCUT2D eigenvalue weighted by molar-refractivity contribution is 6.22. The van der Waals surface area contributed by atoms with Crippen LogP contribution >= 0.6 is 0 Å².